The van der Waals surface area contributed by atoms with E-state index in [1.807, 2.05) is 19.9 Å². The highest BCUT2D eigenvalue weighted by molar-refractivity contribution is 6.39. The van der Waals surface area contributed by atoms with Crippen LogP contribution < -0.4 is 10.2 Å². The maximum Gasteiger partial charge on any atom is 0.241 e. The van der Waals surface area contributed by atoms with E-state index in [4.69, 9.17) is 28.2 Å². The summed E-state index contributed by atoms with van der Waals surface area (Å²) in [6.07, 6.45) is 0. The molecule has 1 aliphatic rings. The summed E-state index contributed by atoms with van der Waals surface area (Å²) in [7, 11) is 0. The molecule has 0 spiro atoms. The number of para-hydroxylation sites is 1. The quantitative estimate of drug-likeness (QED) is 0.755. The number of amides is 1. The summed E-state index contributed by atoms with van der Waals surface area (Å²) < 4.78 is 0. The van der Waals surface area contributed by atoms with Gasteiger partial charge in [-0.25, -0.2) is 9.97 Å². The number of carbonyl (C=O) groups is 1. The van der Waals surface area contributed by atoms with E-state index >= 15 is 0 Å². The normalized spacial score (nSPS) is 16.2. The number of hydrogen-bond donors (Lipinski definition) is 1. The molecule has 29 heavy (non-hydrogen) atoms. The third kappa shape index (κ3) is 5.18. The van der Waals surface area contributed by atoms with E-state index in [0.717, 1.165) is 43.5 Å². The zero-order valence-corrected chi connectivity index (χ0v) is 18.8. The van der Waals surface area contributed by atoms with Gasteiger partial charge in [-0.1, -0.05) is 43.1 Å². The lowest BCUT2D eigenvalue weighted by Gasteiger charge is -2.38. The number of rotatable bonds is 5. The van der Waals surface area contributed by atoms with Crippen LogP contribution in [0.25, 0.3) is 0 Å². The number of hydrogen-bond acceptors (Lipinski definition) is 5. The van der Waals surface area contributed by atoms with E-state index in [1.54, 1.807) is 18.2 Å². The fourth-order valence-electron chi connectivity index (χ4n) is 3.34. The SMILES string of the molecule is Cc1cc(N2CCN([C@H](C)C(=O)Nc3c(Cl)cccc3Cl)CC2)nc(C(C)C)n1. The smallest absolute Gasteiger partial charge is 0.241 e. The molecule has 1 aromatic heterocycles. The lowest BCUT2D eigenvalue weighted by Crippen LogP contribution is -2.53. The Hall–Kier alpha value is -1.89. The molecule has 0 radical (unpaired) electrons. The molecule has 0 saturated carbocycles. The number of carbonyl (C=O) groups excluding carboxylic acids is 1. The minimum atomic E-state index is -0.289. The van der Waals surface area contributed by atoms with Gasteiger partial charge in [0.1, 0.15) is 11.6 Å². The molecule has 2 aromatic rings. The Morgan fingerprint density at radius 1 is 1.07 bits per heavy atom. The van der Waals surface area contributed by atoms with Crippen LogP contribution in [0.5, 0.6) is 0 Å². The fraction of sp³-hybridized carbons (Fsp3) is 0.476. The van der Waals surface area contributed by atoms with Crippen LogP contribution in [0.3, 0.4) is 0 Å². The van der Waals surface area contributed by atoms with Crippen molar-refractivity contribution in [3.8, 4) is 0 Å². The van der Waals surface area contributed by atoms with Gasteiger partial charge in [0, 0.05) is 43.9 Å². The molecular formula is C21H27Cl2N5O. The van der Waals surface area contributed by atoms with E-state index < -0.39 is 0 Å². The van der Waals surface area contributed by atoms with Gasteiger partial charge in [-0.05, 0) is 26.0 Å². The zero-order valence-electron chi connectivity index (χ0n) is 17.2. The average molecular weight is 436 g/mol. The zero-order chi connectivity index (χ0) is 21.1. The monoisotopic (exact) mass is 435 g/mol. The van der Waals surface area contributed by atoms with Gasteiger partial charge in [0.25, 0.3) is 0 Å². The fourth-order valence-corrected chi connectivity index (χ4v) is 3.84. The van der Waals surface area contributed by atoms with Crippen molar-refractivity contribution >= 4 is 40.6 Å². The predicted octanol–water partition coefficient (Wildman–Crippen LogP) is 4.36. The van der Waals surface area contributed by atoms with Crippen molar-refractivity contribution < 1.29 is 4.79 Å². The van der Waals surface area contributed by atoms with Gasteiger partial charge in [0.2, 0.25) is 5.91 Å². The number of nitrogens with one attached hydrogen (secondary N) is 1. The Morgan fingerprint density at radius 2 is 1.69 bits per heavy atom. The highest BCUT2D eigenvalue weighted by Crippen LogP contribution is 2.30. The van der Waals surface area contributed by atoms with Crippen molar-refractivity contribution in [2.45, 2.75) is 39.7 Å². The van der Waals surface area contributed by atoms with E-state index in [9.17, 15) is 4.79 Å². The number of aryl methyl sites for hydroxylation is 1. The average Bonchev–Trinajstić information content (AvgIpc) is 2.69. The first-order valence-corrected chi connectivity index (χ1v) is 10.6. The molecule has 1 atom stereocenters. The van der Waals surface area contributed by atoms with E-state index in [2.05, 4.69) is 33.9 Å². The molecule has 1 aromatic carbocycles. The Balaban J connectivity index is 1.62. The lowest BCUT2D eigenvalue weighted by molar-refractivity contribution is -0.120. The summed E-state index contributed by atoms with van der Waals surface area (Å²) in [6.45, 7) is 11.2. The Labute approximate surface area is 182 Å². The van der Waals surface area contributed by atoms with Crippen molar-refractivity contribution in [1.29, 1.82) is 0 Å². The highest BCUT2D eigenvalue weighted by Gasteiger charge is 2.27. The van der Waals surface area contributed by atoms with Crippen LogP contribution in [0.1, 0.15) is 38.2 Å². The number of piperazine rings is 1. The molecule has 2 heterocycles. The van der Waals surface area contributed by atoms with Gasteiger partial charge in [-0.2, -0.15) is 0 Å². The van der Waals surface area contributed by atoms with Gasteiger partial charge >= 0.3 is 0 Å². The molecule has 0 unspecified atom stereocenters. The summed E-state index contributed by atoms with van der Waals surface area (Å²) in [5.74, 6) is 2.00. The van der Waals surface area contributed by atoms with Gasteiger partial charge in [0.05, 0.1) is 21.8 Å². The minimum Gasteiger partial charge on any atom is -0.354 e. The standard InChI is InChI=1S/C21H27Cl2N5O/c1-13(2)20-24-14(3)12-18(25-20)28-10-8-27(9-11-28)15(4)21(29)26-19-16(22)6-5-7-17(19)23/h5-7,12-13,15H,8-11H2,1-4H3,(H,26,29)/t15-/m1/s1. The molecule has 1 aliphatic heterocycles. The summed E-state index contributed by atoms with van der Waals surface area (Å²) in [6, 6.07) is 6.91. The molecule has 156 valence electrons. The van der Waals surface area contributed by atoms with Crippen molar-refractivity contribution in [1.82, 2.24) is 14.9 Å². The van der Waals surface area contributed by atoms with Gasteiger partial charge < -0.3 is 10.2 Å². The number of halogens is 2. The summed E-state index contributed by atoms with van der Waals surface area (Å²) >= 11 is 12.3. The van der Waals surface area contributed by atoms with Crippen LogP contribution in [-0.4, -0.2) is 53.0 Å². The largest absolute Gasteiger partial charge is 0.354 e. The number of benzene rings is 1. The second kappa shape index (κ2) is 9.28. The maximum absolute atomic E-state index is 12.7. The van der Waals surface area contributed by atoms with Crippen LogP contribution >= 0.6 is 23.2 Å². The van der Waals surface area contributed by atoms with E-state index in [0.29, 0.717) is 15.7 Å². The molecule has 1 fully saturated rings. The topological polar surface area (TPSA) is 61.4 Å². The second-order valence-corrected chi connectivity index (χ2v) is 8.48. The molecule has 1 N–H and O–H groups in total. The van der Waals surface area contributed by atoms with Gasteiger partial charge in [0.15, 0.2) is 0 Å². The molecule has 1 saturated heterocycles. The molecule has 8 heteroatoms. The molecule has 0 aliphatic carbocycles. The molecular weight excluding hydrogens is 409 g/mol. The third-order valence-electron chi connectivity index (χ3n) is 5.15. The Morgan fingerprint density at radius 3 is 2.28 bits per heavy atom. The van der Waals surface area contributed by atoms with Crippen molar-refractivity contribution in [3.63, 3.8) is 0 Å². The lowest BCUT2D eigenvalue weighted by atomic mass is 10.2. The van der Waals surface area contributed by atoms with Gasteiger partial charge in [-0.15, -0.1) is 0 Å². The Kier molecular flexibility index (Phi) is 6.98. The van der Waals surface area contributed by atoms with Gasteiger partial charge in [-0.3, -0.25) is 9.69 Å². The first-order chi connectivity index (χ1) is 13.8. The van der Waals surface area contributed by atoms with Crippen molar-refractivity contribution in [3.05, 3.63) is 45.8 Å². The molecule has 6 nitrogen and oxygen atoms in total. The second-order valence-electron chi connectivity index (χ2n) is 7.67. The first-order valence-electron chi connectivity index (χ1n) is 9.85. The summed E-state index contributed by atoms with van der Waals surface area (Å²) in [5, 5.41) is 3.73. The van der Waals surface area contributed by atoms with E-state index in [1.165, 1.54) is 0 Å². The van der Waals surface area contributed by atoms with Crippen LogP contribution in [0, 0.1) is 6.92 Å². The van der Waals surface area contributed by atoms with Crippen LogP contribution in [0.15, 0.2) is 24.3 Å². The van der Waals surface area contributed by atoms with Crippen LogP contribution in [0.4, 0.5) is 11.5 Å². The Bertz CT molecular complexity index is 861. The number of aromatic nitrogens is 2. The van der Waals surface area contributed by atoms with Crippen molar-refractivity contribution in [2.75, 3.05) is 36.4 Å². The molecule has 1 amide bonds. The summed E-state index contributed by atoms with van der Waals surface area (Å²) in [4.78, 5) is 26.4. The maximum atomic E-state index is 12.7. The number of anilines is 2. The minimum absolute atomic E-state index is 0.117. The van der Waals surface area contributed by atoms with Crippen LogP contribution in [-0.2, 0) is 4.79 Å². The van der Waals surface area contributed by atoms with E-state index in [-0.39, 0.29) is 17.9 Å². The predicted molar refractivity (Wildman–Crippen MR) is 119 cm³/mol. The highest BCUT2D eigenvalue weighted by atomic mass is 35.5. The first kappa shape index (κ1) is 21.8. The third-order valence-corrected chi connectivity index (χ3v) is 5.78. The van der Waals surface area contributed by atoms with Crippen molar-refractivity contribution in [2.24, 2.45) is 0 Å². The number of nitrogens with zero attached hydrogens (tertiary/aromatic N) is 4. The molecule has 3 rings (SSSR count). The summed E-state index contributed by atoms with van der Waals surface area (Å²) in [5.41, 5.74) is 1.44. The van der Waals surface area contributed by atoms with Crippen LogP contribution in [0.2, 0.25) is 10.0 Å². The molecule has 0 bridgehead atoms.